The van der Waals surface area contributed by atoms with Crippen molar-refractivity contribution in [3.05, 3.63) is 368 Å². The molecule has 384 valence electrons. The Morgan fingerprint density at radius 3 is 0.827 bits per heavy atom. The first-order chi connectivity index (χ1) is 40.0. The summed E-state index contributed by atoms with van der Waals surface area (Å²) in [5.74, 6) is 15.0. The van der Waals surface area contributed by atoms with Crippen LogP contribution in [0.3, 0.4) is 0 Å². The van der Waals surface area contributed by atoms with Crippen LogP contribution in [0.25, 0.3) is 22.3 Å². The number of carbonyl (C=O) groups excluding carboxylic acids is 2. The number of hydrogen-bond acceptors (Lipinski definition) is 3. The van der Waals surface area contributed by atoms with E-state index in [0.717, 1.165) is 111 Å². The molecular weight excluding hydrogens is 985 g/mol. The van der Waals surface area contributed by atoms with E-state index in [1.165, 1.54) is 0 Å². The maximum atomic E-state index is 15.4. The van der Waals surface area contributed by atoms with Crippen LogP contribution in [0.5, 0.6) is 11.5 Å². The minimum absolute atomic E-state index is 0.0225. The Morgan fingerprint density at radius 1 is 0.247 bits per heavy atom. The van der Waals surface area contributed by atoms with Gasteiger partial charge in [0.05, 0.1) is 0 Å². The first-order valence-electron chi connectivity index (χ1n) is 27.4. The Bertz CT molecular complexity index is 4110. The molecule has 0 bridgehead atoms. The lowest BCUT2D eigenvalue weighted by molar-refractivity contribution is -0.112. The minimum Gasteiger partial charge on any atom is -0.457 e. The number of allylic oxidation sites excluding steroid dienone is 8. The summed E-state index contributed by atoms with van der Waals surface area (Å²) in [6, 6.07) is 93.6. The molecule has 10 aromatic rings. The van der Waals surface area contributed by atoms with E-state index >= 15 is 4.79 Å². The number of carbonyl (C=O) groups is 2. The van der Waals surface area contributed by atoms with E-state index < -0.39 is 0 Å². The third kappa shape index (κ3) is 11.8. The Labute approximate surface area is 474 Å². The van der Waals surface area contributed by atoms with Crippen molar-refractivity contribution in [1.29, 1.82) is 0 Å². The predicted molar refractivity (Wildman–Crippen MR) is 329 cm³/mol. The zero-order chi connectivity index (χ0) is 54.7. The van der Waals surface area contributed by atoms with E-state index in [-0.39, 0.29) is 11.6 Å². The molecule has 0 unspecified atom stereocenters. The standard InChI is InChI=1S/C78H54O3/c79-77-69(51-57-26-12-3-13-27-57)73(63-34-20-7-21-35-63)74(70(77)52-58-28-14-4-15-29-58)64-40-44-67(45-41-64)81-68-46-42-65(43-47-68)75-71(53-59-30-16-5-17-31-59)78(80)72(54-60-32-18-6-19-33-60)76(75)66-49-61(38-36-55-22-8-1-9-23-55)48-62(50-66)39-37-56-24-10-2-11-25-56/h1-35,40-50H,51-54H2. The molecule has 0 saturated carbocycles. The SMILES string of the molecule is O=C1C(Cc2ccccc2)=C(c2ccccc2)C(c2ccc(Oc3ccc(C4=C(Cc5ccccc5)C(=O)C(Cc5ccccc5)=C4c4cc(C#Cc5ccccc5)cc(C#Cc5ccccc5)c4)cc3)cc2)=C1Cc1ccccc1. The quantitative estimate of drug-likeness (QED) is 0.102. The molecule has 3 heteroatoms. The van der Waals surface area contributed by atoms with Gasteiger partial charge in [-0.1, -0.05) is 236 Å². The van der Waals surface area contributed by atoms with Crippen LogP contribution in [0.4, 0.5) is 0 Å². The summed E-state index contributed by atoms with van der Waals surface area (Å²) in [4.78, 5) is 30.3. The lowest BCUT2D eigenvalue weighted by Crippen LogP contribution is -2.07. The Morgan fingerprint density at radius 2 is 0.506 bits per heavy atom. The maximum absolute atomic E-state index is 15.4. The number of hydrogen-bond donors (Lipinski definition) is 0. The smallest absolute Gasteiger partial charge is 0.186 e. The van der Waals surface area contributed by atoms with Crippen LogP contribution in [-0.4, -0.2) is 11.6 Å². The van der Waals surface area contributed by atoms with Gasteiger partial charge in [0, 0.05) is 70.2 Å². The van der Waals surface area contributed by atoms with Crippen LogP contribution in [-0.2, 0) is 35.3 Å². The largest absolute Gasteiger partial charge is 0.457 e. The summed E-state index contributed by atoms with van der Waals surface area (Å²) < 4.78 is 6.66. The van der Waals surface area contributed by atoms with Crippen molar-refractivity contribution in [1.82, 2.24) is 0 Å². The van der Waals surface area contributed by atoms with Gasteiger partial charge < -0.3 is 4.74 Å². The van der Waals surface area contributed by atoms with Crippen molar-refractivity contribution < 1.29 is 14.3 Å². The van der Waals surface area contributed by atoms with Gasteiger partial charge in [-0.2, -0.15) is 0 Å². The molecule has 0 fully saturated rings. The second-order valence-corrected chi connectivity index (χ2v) is 20.3. The van der Waals surface area contributed by atoms with Crippen LogP contribution in [0.2, 0.25) is 0 Å². The fraction of sp³-hybridized carbons (Fsp3) is 0.0513. The third-order valence-electron chi connectivity index (χ3n) is 14.8. The van der Waals surface area contributed by atoms with Gasteiger partial charge >= 0.3 is 0 Å². The molecule has 0 radical (unpaired) electrons. The van der Waals surface area contributed by atoms with E-state index in [4.69, 9.17) is 4.74 Å². The van der Waals surface area contributed by atoms with Crippen molar-refractivity contribution in [3.8, 4) is 35.2 Å². The molecule has 0 heterocycles. The highest BCUT2D eigenvalue weighted by molar-refractivity contribution is 6.33. The van der Waals surface area contributed by atoms with E-state index in [0.29, 0.717) is 37.2 Å². The van der Waals surface area contributed by atoms with Crippen LogP contribution in [0, 0.1) is 23.7 Å². The first-order valence-corrected chi connectivity index (χ1v) is 27.4. The molecule has 0 spiro atoms. The summed E-state index contributed by atoms with van der Waals surface area (Å²) in [6.07, 6.45) is 1.91. The van der Waals surface area contributed by atoms with Gasteiger partial charge in [0.2, 0.25) is 0 Å². The van der Waals surface area contributed by atoms with Crippen LogP contribution < -0.4 is 4.74 Å². The maximum Gasteiger partial charge on any atom is 0.186 e. The highest BCUT2D eigenvalue weighted by Gasteiger charge is 2.36. The normalized spacial score (nSPS) is 13.0. The first kappa shape index (κ1) is 51.2. The molecule has 0 N–H and O–H groups in total. The molecule has 12 rings (SSSR count). The average molecular weight is 1040 g/mol. The second-order valence-electron chi connectivity index (χ2n) is 20.3. The zero-order valence-electron chi connectivity index (χ0n) is 44.6. The van der Waals surface area contributed by atoms with Gasteiger partial charge in [-0.3, -0.25) is 9.59 Å². The summed E-state index contributed by atoms with van der Waals surface area (Å²) in [6.45, 7) is 0. The van der Waals surface area contributed by atoms with E-state index in [1.807, 2.05) is 182 Å². The Balaban J connectivity index is 0.933. The van der Waals surface area contributed by atoms with Gasteiger partial charge in [-0.25, -0.2) is 0 Å². The van der Waals surface area contributed by atoms with Crippen molar-refractivity contribution in [2.24, 2.45) is 0 Å². The fourth-order valence-electron chi connectivity index (χ4n) is 10.9. The molecule has 0 amide bonds. The summed E-state index contributed by atoms with van der Waals surface area (Å²) in [7, 11) is 0. The topological polar surface area (TPSA) is 43.4 Å². The molecule has 10 aromatic carbocycles. The highest BCUT2D eigenvalue weighted by Crippen LogP contribution is 2.47. The number of Topliss-reactive ketones (excluding diaryl/α,β-unsaturated/α-hetero) is 2. The molecule has 3 nitrogen and oxygen atoms in total. The monoisotopic (exact) mass is 1040 g/mol. The molecule has 0 atom stereocenters. The van der Waals surface area contributed by atoms with Crippen LogP contribution in [0.15, 0.2) is 301 Å². The van der Waals surface area contributed by atoms with Gasteiger partial charge in [0.25, 0.3) is 0 Å². The molecule has 0 aromatic heterocycles. The summed E-state index contributed by atoms with van der Waals surface area (Å²) in [5, 5.41) is 0. The van der Waals surface area contributed by atoms with Gasteiger partial charge in [0.1, 0.15) is 11.5 Å². The van der Waals surface area contributed by atoms with Crippen molar-refractivity contribution in [2.45, 2.75) is 25.7 Å². The molecule has 2 aliphatic carbocycles. The lowest BCUT2D eigenvalue weighted by Gasteiger charge is -2.16. The fourth-order valence-corrected chi connectivity index (χ4v) is 10.9. The number of benzene rings is 10. The van der Waals surface area contributed by atoms with Gasteiger partial charge in [-0.05, 0) is 134 Å². The summed E-state index contributed by atoms with van der Waals surface area (Å²) >= 11 is 0. The van der Waals surface area contributed by atoms with Crippen molar-refractivity contribution >= 4 is 33.9 Å². The van der Waals surface area contributed by atoms with E-state index in [9.17, 15) is 4.79 Å². The van der Waals surface area contributed by atoms with Crippen molar-refractivity contribution in [2.75, 3.05) is 0 Å². The molecule has 81 heavy (non-hydrogen) atoms. The molecule has 0 aliphatic heterocycles. The second kappa shape index (κ2) is 24.0. The van der Waals surface area contributed by atoms with Crippen LogP contribution >= 0.6 is 0 Å². The van der Waals surface area contributed by atoms with Gasteiger partial charge in [0.15, 0.2) is 11.6 Å². The number of ketones is 2. The Kier molecular flexibility index (Phi) is 15.2. The number of rotatable bonds is 14. The number of ether oxygens (including phenoxy) is 1. The summed E-state index contributed by atoms with van der Waals surface area (Å²) in [5.41, 5.74) is 18.0. The molecule has 0 saturated heterocycles. The lowest BCUT2D eigenvalue weighted by atomic mass is 9.88. The predicted octanol–water partition coefficient (Wildman–Crippen LogP) is 16.8. The van der Waals surface area contributed by atoms with Gasteiger partial charge in [-0.15, -0.1) is 0 Å². The van der Waals surface area contributed by atoms with Crippen LogP contribution in [0.1, 0.15) is 66.8 Å². The zero-order valence-corrected chi connectivity index (χ0v) is 44.6. The highest BCUT2D eigenvalue weighted by atomic mass is 16.5. The molecule has 2 aliphatic rings. The van der Waals surface area contributed by atoms with E-state index in [1.54, 1.807) is 0 Å². The van der Waals surface area contributed by atoms with Crippen molar-refractivity contribution in [3.63, 3.8) is 0 Å². The third-order valence-corrected chi connectivity index (χ3v) is 14.8. The van der Waals surface area contributed by atoms with E-state index in [2.05, 4.69) is 121 Å². The average Bonchev–Trinajstić information content (AvgIpc) is 4.03. The molecular formula is C78H54O3. The minimum atomic E-state index is 0.0225. The Hall–Kier alpha value is -10.6.